The Labute approximate surface area is 94.7 Å². The number of aliphatic hydroxyl groups is 1. The number of aliphatic hydroxyl groups excluding tert-OH is 1. The van der Waals surface area contributed by atoms with Gasteiger partial charge in [0.1, 0.15) is 5.82 Å². The summed E-state index contributed by atoms with van der Waals surface area (Å²) in [5, 5.41) is 12.5. The van der Waals surface area contributed by atoms with E-state index in [1.54, 1.807) is 12.1 Å². The Hall–Kier alpha value is -1.62. The van der Waals surface area contributed by atoms with Gasteiger partial charge in [-0.3, -0.25) is 4.79 Å². The maximum Gasteiger partial charge on any atom is 0.250 e. The minimum absolute atomic E-state index is 0.373. The standard InChI is InChI=1S/C11H17N3O2/c1-2-3-9(15)7-14-10-5-4-8(6-13-10)11(12)16/h4-6,9,15H,2-3,7H2,1H3,(H2,12,16)(H,13,14). The van der Waals surface area contributed by atoms with Crippen LogP contribution >= 0.6 is 0 Å². The minimum Gasteiger partial charge on any atom is -0.391 e. The van der Waals surface area contributed by atoms with Gasteiger partial charge in [0, 0.05) is 12.7 Å². The van der Waals surface area contributed by atoms with Crippen molar-refractivity contribution in [3.63, 3.8) is 0 Å². The number of primary amides is 1. The van der Waals surface area contributed by atoms with E-state index in [1.807, 2.05) is 6.92 Å². The van der Waals surface area contributed by atoms with Crippen molar-refractivity contribution >= 4 is 11.7 Å². The van der Waals surface area contributed by atoms with Crippen LogP contribution < -0.4 is 11.1 Å². The number of nitrogens with one attached hydrogen (secondary N) is 1. The number of hydrogen-bond donors (Lipinski definition) is 3. The van der Waals surface area contributed by atoms with Crippen LogP contribution in [0.25, 0.3) is 0 Å². The number of amides is 1. The van der Waals surface area contributed by atoms with Gasteiger partial charge in [0.15, 0.2) is 0 Å². The number of carbonyl (C=O) groups is 1. The molecule has 1 unspecified atom stereocenters. The van der Waals surface area contributed by atoms with Gasteiger partial charge in [0.2, 0.25) is 5.91 Å². The van der Waals surface area contributed by atoms with Crippen molar-refractivity contribution in [1.29, 1.82) is 0 Å². The zero-order chi connectivity index (χ0) is 12.0. The van der Waals surface area contributed by atoms with Crippen LogP contribution in [-0.4, -0.2) is 28.6 Å². The third-order valence-electron chi connectivity index (χ3n) is 2.19. The van der Waals surface area contributed by atoms with E-state index in [1.165, 1.54) is 6.20 Å². The lowest BCUT2D eigenvalue weighted by atomic mass is 10.2. The Kier molecular flexibility index (Phi) is 4.72. The first-order chi connectivity index (χ1) is 7.63. The SMILES string of the molecule is CCCC(O)CNc1ccc(C(N)=O)cn1. The van der Waals surface area contributed by atoms with Crippen molar-refractivity contribution < 1.29 is 9.90 Å². The summed E-state index contributed by atoms with van der Waals surface area (Å²) in [6, 6.07) is 3.27. The van der Waals surface area contributed by atoms with Crippen LogP contribution in [0.4, 0.5) is 5.82 Å². The molecule has 0 spiro atoms. The number of anilines is 1. The summed E-state index contributed by atoms with van der Waals surface area (Å²) in [7, 11) is 0. The van der Waals surface area contributed by atoms with Gasteiger partial charge >= 0.3 is 0 Å². The number of pyridine rings is 1. The molecular formula is C11H17N3O2. The molecule has 0 aliphatic heterocycles. The smallest absolute Gasteiger partial charge is 0.250 e. The highest BCUT2D eigenvalue weighted by atomic mass is 16.3. The largest absolute Gasteiger partial charge is 0.391 e. The van der Waals surface area contributed by atoms with Gasteiger partial charge in [0.05, 0.1) is 11.7 Å². The second-order valence-electron chi connectivity index (χ2n) is 3.62. The first-order valence-corrected chi connectivity index (χ1v) is 5.31. The molecular weight excluding hydrogens is 206 g/mol. The molecule has 4 N–H and O–H groups in total. The fourth-order valence-electron chi connectivity index (χ4n) is 1.30. The average molecular weight is 223 g/mol. The molecule has 0 saturated carbocycles. The zero-order valence-electron chi connectivity index (χ0n) is 9.31. The number of nitrogens with two attached hydrogens (primary N) is 1. The molecule has 1 aromatic heterocycles. The lowest BCUT2D eigenvalue weighted by Gasteiger charge is -2.10. The van der Waals surface area contributed by atoms with Crippen molar-refractivity contribution in [2.75, 3.05) is 11.9 Å². The maximum atomic E-state index is 10.8. The molecule has 1 heterocycles. The molecule has 88 valence electrons. The Balaban J connectivity index is 2.46. The van der Waals surface area contributed by atoms with Crippen LogP contribution in [-0.2, 0) is 0 Å². The molecule has 1 atom stereocenters. The van der Waals surface area contributed by atoms with E-state index in [9.17, 15) is 9.90 Å². The van der Waals surface area contributed by atoms with E-state index < -0.39 is 5.91 Å². The molecule has 0 saturated heterocycles. The van der Waals surface area contributed by atoms with Crippen molar-refractivity contribution in [2.45, 2.75) is 25.9 Å². The summed E-state index contributed by atoms with van der Waals surface area (Å²) in [5.74, 6) is 0.130. The number of nitrogens with zero attached hydrogens (tertiary/aromatic N) is 1. The molecule has 1 rings (SSSR count). The topological polar surface area (TPSA) is 88.2 Å². The highest BCUT2D eigenvalue weighted by Gasteiger charge is 2.04. The second-order valence-corrected chi connectivity index (χ2v) is 3.62. The Morgan fingerprint density at radius 1 is 1.62 bits per heavy atom. The van der Waals surface area contributed by atoms with E-state index >= 15 is 0 Å². The molecule has 5 nitrogen and oxygen atoms in total. The monoisotopic (exact) mass is 223 g/mol. The van der Waals surface area contributed by atoms with E-state index in [-0.39, 0.29) is 6.10 Å². The van der Waals surface area contributed by atoms with Crippen LogP contribution in [0.1, 0.15) is 30.1 Å². The zero-order valence-corrected chi connectivity index (χ0v) is 9.31. The average Bonchev–Trinajstić information content (AvgIpc) is 2.27. The Morgan fingerprint density at radius 3 is 2.88 bits per heavy atom. The van der Waals surface area contributed by atoms with E-state index in [4.69, 9.17) is 5.73 Å². The van der Waals surface area contributed by atoms with E-state index in [0.29, 0.717) is 17.9 Å². The molecule has 16 heavy (non-hydrogen) atoms. The van der Waals surface area contributed by atoms with Crippen LogP contribution in [0.2, 0.25) is 0 Å². The Bertz CT molecular complexity index is 338. The number of hydrogen-bond acceptors (Lipinski definition) is 4. The molecule has 5 heteroatoms. The first kappa shape index (κ1) is 12.4. The Morgan fingerprint density at radius 2 is 2.38 bits per heavy atom. The minimum atomic E-state index is -0.495. The van der Waals surface area contributed by atoms with Crippen molar-refractivity contribution in [2.24, 2.45) is 5.73 Å². The predicted molar refractivity (Wildman–Crippen MR) is 62.2 cm³/mol. The van der Waals surface area contributed by atoms with Crippen LogP contribution in [0.5, 0.6) is 0 Å². The van der Waals surface area contributed by atoms with Crippen molar-refractivity contribution in [3.8, 4) is 0 Å². The molecule has 0 fully saturated rings. The quantitative estimate of drug-likeness (QED) is 0.664. The summed E-state index contributed by atoms with van der Waals surface area (Å²) in [6.07, 6.45) is 2.74. The van der Waals surface area contributed by atoms with Crippen LogP contribution in [0, 0.1) is 0 Å². The number of aromatic nitrogens is 1. The highest BCUT2D eigenvalue weighted by Crippen LogP contribution is 2.05. The third kappa shape index (κ3) is 3.86. The summed E-state index contributed by atoms with van der Waals surface area (Å²) in [4.78, 5) is 14.8. The number of rotatable bonds is 6. The van der Waals surface area contributed by atoms with Crippen LogP contribution in [0.3, 0.4) is 0 Å². The fraction of sp³-hybridized carbons (Fsp3) is 0.455. The van der Waals surface area contributed by atoms with Gasteiger partial charge < -0.3 is 16.2 Å². The van der Waals surface area contributed by atoms with Gasteiger partial charge in [0.25, 0.3) is 0 Å². The second kappa shape index (κ2) is 6.07. The summed E-state index contributed by atoms with van der Waals surface area (Å²) in [6.45, 7) is 2.47. The summed E-state index contributed by atoms with van der Waals surface area (Å²) < 4.78 is 0. The molecule has 0 radical (unpaired) electrons. The predicted octanol–water partition coefficient (Wildman–Crippen LogP) is 0.753. The van der Waals surface area contributed by atoms with Crippen molar-refractivity contribution in [3.05, 3.63) is 23.9 Å². The van der Waals surface area contributed by atoms with Gasteiger partial charge in [-0.15, -0.1) is 0 Å². The van der Waals surface area contributed by atoms with E-state index in [0.717, 1.165) is 12.8 Å². The lowest BCUT2D eigenvalue weighted by Crippen LogP contribution is -2.19. The molecule has 1 aromatic rings. The van der Waals surface area contributed by atoms with Gasteiger partial charge in [-0.2, -0.15) is 0 Å². The molecule has 0 aliphatic carbocycles. The van der Waals surface area contributed by atoms with Gasteiger partial charge in [-0.1, -0.05) is 13.3 Å². The maximum absolute atomic E-state index is 10.8. The summed E-state index contributed by atoms with van der Waals surface area (Å²) in [5.41, 5.74) is 5.46. The summed E-state index contributed by atoms with van der Waals surface area (Å²) >= 11 is 0. The van der Waals surface area contributed by atoms with Crippen LogP contribution in [0.15, 0.2) is 18.3 Å². The lowest BCUT2D eigenvalue weighted by molar-refractivity contribution is 0.1000. The molecule has 0 aliphatic rings. The number of carbonyl (C=O) groups excluding carboxylic acids is 1. The molecule has 0 aromatic carbocycles. The normalized spacial score (nSPS) is 12.1. The van der Waals surface area contributed by atoms with Gasteiger partial charge in [-0.05, 0) is 18.6 Å². The fourth-order valence-corrected chi connectivity index (χ4v) is 1.30. The highest BCUT2D eigenvalue weighted by molar-refractivity contribution is 5.92. The van der Waals surface area contributed by atoms with Gasteiger partial charge in [-0.25, -0.2) is 4.98 Å². The molecule has 1 amide bonds. The van der Waals surface area contributed by atoms with E-state index in [2.05, 4.69) is 10.3 Å². The molecule has 0 bridgehead atoms. The first-order valence-electron chi connectivity index (χ1n) is 5.31. The van der Waals surface area contributed by atoms with Crippen molar-refractivity contribution in [1.82, 2.24) is 4.98 Å². The third-order valence-corrected chi connectivity index (χ3v) is 2.19.